The summed E-state index contributed by atoms with van der Waals surface area (Å²) in [6.07, 6.45) is 1.95. The van der Waals surface area contributed by atoms with Crippen LogP contribution in [0.4, 0.5) is 4.39 Å². The van der Waals surface area contributed by atoms with Crippen LogP contribution >= 0.6 is 0 Å². The van der Waals surface area contributed by atoms with E-state index in [2.05, 4.69) is 19.2 Å². The van der Waals surface area contributed by atoms with Gasteiger partial charge in [-0.2, -0.15) is 0 Å². The molecule has 0 bridgehead atoms. The summed E-state index contributed by atoms with van der Waals surface area (Å²) in [5, 5.41) is 3.27. The van der Waals surface area contributed by atoms with Crippen LogP contribution in [0.3, 0.4) is 0 Å². The van der Waals surface area contributed by atoms with Crippen molar-refractivity contribution in [1.29, 1.82) is 0 Å². The smallest absolute Gasteiger partial charge is 0.127 e. The molecule has 1 unspecified atom stereocenters. The third-order valence-electron chi connectivity index (χ3n) is 3.75. The molecule has 1 aromatic rings. The van der Waals surface area contributed by atoms with Gasteiger partial charge in [-0.25, -0.2) is 4.39 Å². The second kappa shape index (κ2) is 6.30. The quantitative estimate of drug-likeness (QED) is 0.885. The molecule has 0 aromatic heterocycles. The largest absolute Gasteiger partial charge is 0.371 e. The van der Waals surface area contributed by atoms with E-state index in [-0.39, 0.29) is 11.9 Å². The van der Waals surface area contributed by atoms with Crippen molar-refractivity contribution in [2.24, 2.45) is 0 Å². The first-order valence-corrected chi connectivity index (χ1v) is 6.87. The first kappa shape index (κ1) is 13.5. The number of hydrogen-bond donors (Lipinski definition) is 1. The van der Waals surface area contributed by atoms with Gasteiger partial charge in [0.2, 0.25) is 0 Å². The van der Waals surface area contributed by atoms with Crippen molar-refractivity contribution in [2.45, 2.75) is 38.7 Å². The zero-order valence-electron chi connectivity index (χ0n) is 11.2. The molecule has 100 valence electrons. The zero-order chi connectivity index (χ0) is 13.0. The summed E-state index contributed by atoms with van der Waals surface area (Å²) in [6.45, 7) is 6.56. The fraction of sp³-hybridized carbons (Fsp3) is 0.600. The average Bonchev–Trinajstić information content (AvgIpc) is 2.43. The molecule has 18 heavy (non-hydrogen) atoms. The number of halogens is 1. The molecule has 1 fully saturated rings. The Morgan fingerprint density at radius 1 is 1.39 bits per heavy atom. The molecule has 1 heterocycles. The third-order valence-corrected chi connectivity index (χ3v) is 3.75. The van der Waals surface area contributed by atoms with Crippen LogP contribution in [-0.2, 0) is 4.74 Å². The predicted molar refractivity (Wildman–Crippen MR) is 71.3 cm³/mol. The summed E-state index contributed by atoms with van der Waals surface area (Å²) in [5.41, 5.74) is 1.78. The van der Waals surface area contributed by atoms with E-state index < -0.39 is 0 Å². The summed E-state index contributed by atoms with van der Waals surface area (Å²) in [4.78, 5) is 0. The lowest BCUT2D eigenvalue weighted by atomic mass is 9.92. The molecule has 1 N–H and O–H groups in total. The van der Waals surface area contributed by atoms with E-state index in [0.717, 1.165) is 37.1 Å². The second-order valence-electron chi connectivity index (χ2n) is 4.86. The molecule has 2 nitrogen and oxygen atoms in total. The van der Waals surface area contributed by atoms with Crippen molar-refractivity contribution in [3.8, 4) is 0 Å². The Kier molecular flexibility index (Phi) is 4.72. The van der Waals surface area contributed by atoms with E-state index in [0.29, 0.717) is 12.5 Å². The minimum atomic E-state index is -0.0876. The molecule has 0 amide bonds. The van der Waals surface area contributed by atoms with Crippen molar-refractivity contribution in [2.75, 3.05) is 19.7 Å². The maximum absolute atomic E-state index is 14.2. The molecule has 1 aliphatic rings. The van der Waals surface area contributed by atoms with Crippen LogP contribution in [0.25, 0.3) is 0 Å². The van der Waals surface area contributed by atoms with E-state index in [4.69, 9.17) is 4.74 Å². The standard InChI is InChI=1S/C15H22FNO/c1-3-11(4-2)13-6-5-12(9-14(13)16)15-10-17-7-8-18-15/h5-6,9,11,15,17H,3-4,7-8,10H2,1-2H3. The molecule has 0 spiro atoms. The number of ether oxygens (including phenoxy) is 1. The SMILES string of the molecule is CCC(CC)c1ccc(C2CNCCO2)cc1F. The maximum Gasteiger partial charge on any atom is 0.127 e. The molecule has 0 saturated carbocycles. The van der Waals surface area contributed by atoms with E-state index in [1.807, 2.05) is 12.1 Å². The van der Waals surface area contributed by atoms with Crippen LogP contribution in [0.2, 0.25) is 0 Å². The fourth-order valence-corrected chi connectivity index (χ4v) is 2.58. The highest BCUT2D eigenvalue weighted by Crippen LogP contribution is 2.28. The first-order valence-electron chi connectivity index (χ1n) is 6.87. The molecule has 0 aliphatic carbocycles. The summed E-state index contributed by atoms with van der Waals surface area (Å²) < 4.78 is 19.8. The Labute approximate surface area is 109 Å². The predicted octanol–water partition coefficient (Wildman–Crippen LogP) is 3.39. The second-order valence-corrected chi connectivity index (χ2v) is 4.86. The zero-order valence-corrected chi connectivity index (χ0v) is 11.2. The highest BCUT2D eigenvalue weighted by Gasteiger charge is 2.18. The lowest BCUT2D eigenvalue weighted by Crippen LogP contribution is -2.33. The highest BCUT2D eigenvalue weighted by atomic mass is 19.1. The highest BCUT2D eigenvalue weighted by molar-refractivity contribution is 5.29. The fourth-order valence-electron chi connectivity index (χ4n) is 2.58. The molecule has 1 atom stereocenters. The van der Waals surface area contributed by atoms with Gasteiger partial charge in [-0.1, -0.05) is 26.0 Å². The topological polar surface area (TPSA) is 21.3 Å². The third kappa shape index (κ3) is 2.90. The van der Waals surface area contributed by atoms with Gasteiger partial charge in [-0.3, -0.25) is 0 Å². The lowest BCUT2D eigenvalue weighted by molar-refractivity contribution is 0.0275. The van der Waals surface area contributed by atoms with Gasteiger partial charge in [-0.05, 0) is 36.0 Å². The van der Waals surface area contributed by atoms with E-state index in [1.165, 1.54) is 0 Å². The van der Waals surface area contributed by atoms with Gasteiger partial charge in [-0.15, -0.1) is 0 Å². The van der Waals surface area contributed by atoms with Gasteiger partial charge >= 0.3 is 0 Å². The summed E-state index contributed by atoms with van der Waals surface area (Å²) in [5.74, 6) is 0.236. The molecule has 1 saturated heterocycles. The van der Waals surface area contributed by atoms with Crippen molar-refractivity contribution >= 4 is 0 Å². The minimum Gasteiger partial charge on any atom is -0.371 e. The molecule has 2 rings (SSSR count). The maximum atomic E-state index is 14.2. The molecule has 1 aromatic carbocycles. The van der Waals surface area contributed by atoms with Crippen LogP contribution < -0.4 is 5.32 Å². The van der Waals surface area contributed by atoms with E-state index >= 15 is 0 Å². The van der Waals surface area contributed by atoms with Crippen LogP contribution in [0.5, 0.6) is 0 Å². The van der Waals surface area contributed by atoms with Crippen LogP contribution in [-0.4, -0.2) is 19.7 Å². The number of rotatable bonds is 4. The molecular weight excluding hydrogens is 229 g/mol. The van der Waals surface area contributed by atoms with Crippen molar-refractivity contribution in [1.82, 2.24) is 5.32 Å². The van der Waals surface area contributed by atoms with Gasteiger partial charge in [0.1, 0.15) is 5.82 Å². The molecule has 0 radical (unpaired) electrons. The first-order chi connectivity index (χ1) is 8.76. The Morgan fingerprint density at radius 2 is 2.17 bits per heavy atom. The van der Waals surface area contributed by atoms with Crippen LogP contribution in [0.15, 0.2) is 18.2 Å². The number of hydrogen-bond acceptors (Lipinski definition) is 2. The summed E-state index contributed by atoms with van der Waals surface area (Å²) >= 11 is 0. The summed E-state index contributed by atoms with van der Waals surface area (Å²) in [6, 6.07) is 5.58. The Balaban J connectivity index is 2.18. The van der Waals surface area contributed by atoms with Gasteiger partial charge in [0.25, 0.3) is 0 Å². The van der Waals surface area contributed by atoms with Crippen LogP contribution in [0, 0.1) is 5.82 Å². The van der Waals surface area contributed by atoms with E-state index in [9.17, 15) is 4.39 Å². The van der Waals surface area contributed by atoms with Crippen molar-refractivity contribution in [3.63, 3.8) is 0 Å². The monoisotopic (exact) mass is 251 g/mol. The van der Waals surface area contributed by atoms with Crippen molar-refractivity contribution < 1.29 is 9.13 Å². The Morgan fingerprint density at radius 3 is 2.72 bits per heavy atom. The lowest BCUT2D eigenvalue weighted by Gasteiger charge is -2.24. The molecular formula is C15H22FNO. The van der Waals surface area contributed by atoms with E-state index in [1.54, 1.807) is 6.07 Å². The molecule has 1 aliphatic heterocycles. The van der Waals surface area contributed by atoms with Gasteiger partial charge in [0, 0.05) is 13.1 Å². The van der Waals surface area contributed by atoms with Crippen molar-refractivity contribution in [3.05, 3.63) is 35.1 Å². The normalized spacial score (nSPS) is 20.3. The van der Waals surface area contributed by atoms with Gasteiger partial charge in [0.05, 0.1) is 12.7 Å². The van der Waals surface area contributed by atoms with Crippen LogP contribution in [0.1, 0.15) is 49.8 Å². The minimum absolute atomic E-state index is 0.0102. The number of morpholine rings is 1. The van der Waals surface area contributed by atoms with Gasteiger partial charge in [0.15, 0.2) is 0 Å². The summed E-state index contributed by atoms with van der Waals surface area (Å²) in [7, 11) is 0. The van der Waals surface area contributed by atoms with Gasteiger partial charge < -0.3 is 10.1 Å². The number of nitrogens with one attached hydrogen (secondary N) is 1. The Hall–Kier alpha value is -0.930. The number of benzene rings is 1. The average molecular weight is 251 g/mol. The Bertz CT molecular complexity index is 384. The molecule has 3 heteroatoms.